The number of rotatable bonds is 11. The van der Waals surface area contributed by atoms with E-state index < -0.39 is 6.03 Å². The average molecular weight is 653 g/mol. The molecule has 3 amide bonds. The van der Waals surface area contributed by atoms with Crippen LogP contribution < -0.4 is 24.8 Å². The Morgan fingerprint density at radius 1 is 0.958 bits per heavy atom. The molecular formula is C38H44N4O6. The van der Waals surface area contributed by atoms with Crippen molar-refractivity contribution in [3.05, 3.63) is 108 Å². The standard InChI is InChI=1S/C38H44N4O6/c1-26-22-42(27(2)25-43)37(44)21-29-20-31(40-38(45)39-30-12-17-32(46-4)18-13-30)14-19-35(29)48-36(26)24-41(3)23-28-10-15-34(16-11-28)47-33-8-6-5-7-9-33/h5-20,26-27,36,43H,21-25H2,1-4H3,(H2,39,40,45)/t26-,27-,36-/m1/s1. The molecule has 0 bridgehead atoms. The number of carbonyl (C=O) groups is 2. The number of ether oxygens (including phenoxy) is 3. The smallest absolute Gasteiger partial charge is 0.323 e. The van der Waals surface area contributed by atoms with E-state index in [1.165, 1.54) is 0 Å². The van der Waals surface area contributed by atoms with Gasteiger partial charge in [0.05, 0.1) is 26.2 Å². The van der Waals surface area contributed by atoms with E-state index in [1.807, 2.05) is 62.5 Å². The number of hydrogen-bond acceptors (Lipinski definition) is 7. The normalized spacial score (nSPS) is 16.9. The highest BCUT2D eigenvalue weighted by Crippen LogP contribution is 2.30. The molecule has 48 heavy (non-hydrogen) atoms. The van der Waals surface area contributed by atoms with Crippen molar-refractivity contribution in [3.63, 3.8) is 0 Å². The van der Waals surface area contributed by atoms with Crippen molar-refractivity contribution in [2.75, 3.05) is 44.5 Å². The summed E-state index contributed by atoms with van der Waals surface area (Å²) in [5.41, 5.74) is 2.93. The topological polar surface area (TPSA) is 113 Å². The first kappa shape index (κ1) is 34.3. The molecule has 10 heteroatoms. The molecule has 5 rings (SSSR count). The van der Waals surface area contributed by atoms with Crippen LogP contribution in [0.1, 0.15) is 25.0 Å². The molecule has 4 aromatic carbocycles. The molecule has 0 radical (unpaired) electrons. The molecule has 4 aromatic rings. The summed E-state index contributed by atoms with van der Waals surface area (Å²) < 4.78 is 17.8. The van der Waals surface area contributed by atoms with Gasteiger partial charge in [0, 0.05) is 42.5 Å². The van der Waals surface area contributed by atoms with Gasteiger partial charge in [0.25, 0.3) is 0 Å². The number of nitrogens with one attached hydrogen (secondary N) is 2. The number of carbonyl (C=O) groups excluding carboxylic acids is 2. The summed E-state index contributed by atoms with van der Waals surface area (Å²) in [5.74, 6) is 2.69. The van der Waals surface area contributed by atoms with Crippen LogP contribution >= 0.6 is 0 Å². The van der Waals surface area contributed by atoms with E-state index in [0.29, 0.717) is 48.1 Å². The van der Waals surface area contributed by atoms with Crippen LogP contribution in [0.5, 0.6) is 23.0 Å². The number of aliphatic hydroxyl groups excluding tert-OH is 1. The Bertz CT molecular complexity index is 1650. The predicted molar refractivity (Wildman–Crippen MR) is 187 cm³/mol. The number of para-hydroxylation sites is 1. The monoisotopic (exact) mass is 652 g/mol. The van der Waals surface area contributed by atoms with Crippen molar-refractivity contribution in [1.29, 1.82) is 0 Å². The van der Waals surface area contributed by atoms with Gasteiger partial charge in [-0.2, -0.15) is 0 Å². The van der Waals surface area contributed by atoms with Gasteiger partial charge >= 0.3 is 6.03 Å². The molecule has 1 aliphatic heterocycles. The van der Waals surface area contributed by atoms with E-state index in [-0.39, 0.29) is 37.0 Å². The number of urea groups is 1. The SMILES string of the molecule is COc1ccc(NC(=O)Nc2ccc3c(c2)CC(=O)N([C@H](C)CO)C[C@@H](C)[C@@H](CN(C)Cc2ccc(Oc4ccccc4)cc2)O3)cc1. The summed E-state index contributed by atoms with van der Waals surface area (Å²) in [7, 11) is 3.63. The van der Waals surface area contributed by atoms with Crippen LogP contribution in [-0.2, 0) is 17.8 Å². The second kappa shape index (κ2) is 16.2. The number of methoxy groups -OCH3 is 1. The summed E-state index contributed by atoms with van der Waals surface area (Å²) in [4.78, 5) is 30.3. The predicted octanol–water partition coefficient (Wildman–Crippen LogP) is 6.41. The fourth-order valence-electron chi connectivity index (χ4n) is 5.66. The van der Waals surface area contributed by atoms with Crippen molar-refractivity contribution in [1.82, 2.24) is 9.80 Å². The molecule has 3 atom stereocenters. The van der Waals surface area contributed by atoms with Gasteiger partial charge < -0.3 is 34.9 Å². The highest BCUT2D eigenvalue weighted by atomic mass is 16.5. The lowest BCUT2D eigenvalue weighted by atomic mass is 10.0. The van der Waals surface area contributed by atoms with Crippen molar-refractivity contribution >= 4 is 23.3 Å². The maximum Gasteiger partial charge on any atom is 0.323 e. The van der Waals surface area contributed by atoms with Crippen LogP contribution in [0.15, 0.2) is 97.1 Å². The number of likely N-dealkylation sites (N-methyl/N-ethyl adjacent to an activating group) is 1. The van der Waals surface area contributed by atoms with E-state index in [0.717, 1.165) is 17.1 Å². The highest BCUT2D eigenvalue weighted by molar-refractivity contribution is 6.00. The van der Waals surface area contributed by atoms with E-state index in [4.69, 9.17) is 14.2 Å². The van der Waals surface area contributed by atoms with Crippen LogP contribution in [0.3, 0.4) is 0 Å². The van der Waals surface area contributed by atoms with Crippen LogP contribution in [0.4, 0.5) is 16.2 Å². The number of amides is 3. The summed E-state index contributed by atoms with van der Waals surface area (Å²) in [6.07, 6.45) is -0.187. The molecule has 0 aromatic heterocycles. The lowest BCUT2D eigenvalue weighted by Crippen LogP contribution is -2.47. The Kier molecular flexibility index (Phi) is 11.5. The van der Waals surface area contributed by atoms with Crippen LogP contribution in [0.2, 0.25) is 0 Å². The number of nitrogens with zero attached hydrogens (tertiary/aromatic N) is 2. The first-order valence-corrected chi connectivity index (χ1v) is 16.1. The minimum Gasteiger partial charge on any atom is -0.497 e. The maximum atomic E-state index is 13.6. The number of hydrogen-bond donors (Lipinski definition) is 3. The molecular weight excluding hydrogens is 608 g/mol. The molecule has 10 nitrogen and oxygen atoms in total. The third-order valence-electron chi connectivity index (χ3n) is 8.37. The lowest BCUT2D eigenvalue weighted by Gasteiger charge is -2.34. The van der Waals surface area contributed by atoms with Gasteiger partial charge in [-0.1, -0.05) is 37.3 Å². The quantitative estimate of drug-likeness (QED) is 0.172. The Balaban J connectivity index is 1.29. The Morgan fingerprint density at radius 2 is 1.60 bits per heavy atom. The zero-order valence-electron chi connectivity index (χ0n) is 27.9. The molecule has 1 aliphatic rings. The van der Waals surface area contributed by atoms with Crippen LogP contribution in [0, 0.1) is 5.92 Å². The minimum absolute atomic E-state index is 0.0360. The third-order valence-corrected chi connectivity index (χ3v) is 8.37. The molecule has 0 spiro atoms. The van der Waals surface area contributed by atoms with Crippen molar-refractivity contribution in [3.8, 4) is 23.0 Å². The summed E-state index contributed by atoms with van der Waals surface area (Å²) in [6, 6.07) is 29.3. The van der Waals surface area contributed by atoms with Crippen LogP contribution in [-0.4, -0.2) is 72.8 Å². The van der Waals surface area contributed by atoms with Crippen molar-refractivity contribution in [2.24, 2.45) is 5.92 Å². The van der Waals surface area contributed by atoms with E-state index in [1.54, 1.807) is 48.4 Å². The van der Waals surface area contributed by atoms with Gasteiger partial charge in [-0.15, -0.1) is 0 Å². The Labute approximate surface area is 282 Å². The van der Waals surface area contributed by atoms with Gasteiger partial charge in [-0.25, -0.2) is 4.79 Å². The molecule has 1 heterocycles. The van der Waals surface area contributed by atoms with E-state index >= 15 is 0 Å². The van der Waals surface area contributed by atoms with Crippen molar-refractivity contribution < 1.29 is 28.9 Å². The second-order valence-electron chi connectivity index (χ2n) is 12.3. The van der Waals surface area contributed by atoms with Gasteiger partial charge in [-0.05, 0) is 86.3 Å². The summed E-state index contributed by atoms with van der Waals surface area (Å²) >= 11 is 0. The number of fused-ring (bicyclic) bond motifs is 1. The summed E-state index contributed by atoms with van der Waals surface area (Å²) in [6.45, 7) is 5.50. The fourth-order valence-corrected chi connectivity index (χ4v) is 5.66. The van der Waals surface area contributed by atoms with E-state index in [9.17, 15) is 14.7 Å². The van der Waals surface area contributed by atoms with Crippen LogP contribution in [0.25, 0.3) is 0 Å². The lowest BCUT2D eigenvalue weighted by molar-refractivity contribution is -0.134. The van der Waals surface area contributed by atoms with Gasteiger partial charge in [-0.3, -0.25) is 9.69 Å². The molecule has 0 aliphatic carbocycles. The zero-order valence-corrected chi connectivity index (χ0v) is 27.9. The molecule has 0 unspecified atom stereocenters. The molecule has 3 N–H and O–H groups in total. The van der Waals surface area contributed by atoms with Crippen molar-refractivity contribution in [2.45, 2.75) is 39.0 Å². The van der Waals surface area contributed by atoms with Gasteiger partial charge in [0.1, 0.15) is 29.1 Å². The largest absolute Gasteiger partial charge is 0.497 e. The number of anilines is 2. The first-order valence-electron chi connectivity index (χ1n) is 16.1. The Morgan fingerprint density at radius 3 is 2.29 bits per heavy atom. The average Bonchev–Trinajstić information content (AvgIpc) is 3.13. The zero-order chi connectivity index (χ0) is 34.0. The number of aliphatic hydroxyl groups is 1. The molecule has 0 saturated heterocycles. The van der Waals surface area contributed by atoms with E-state index in [2.05, 4.69) is 34.6 Å². The van der Waals surface area contributed by atoms with Gasteiger partial charge in [0.2, 0.25) is 5.91 Å². The highest BCUT2D eigenvalue weighted by Gasteiger charge is 2.31. The first-order chi connectivity index (χ1) is 23.2. The second-order valence-corrected chi connectivity index (χ2v) is 12.3. The molecule has 252 valence electrons. The summed E-state index contributed by atoms with van der Waals surface area (Å²) in [5, 5.41) is 15.7. The molecule has 0 fully saturated rings. The number of benzene rings is 4. The van der Waals surface area contributed by atoms with Gasteiger partial charge in [0.15, 0.2) is 0 Å². The minimum atomic E-state index is -0.418. The Hall–Kier alpha value is -5.06. The fraction of sp³-hybridized carbons (Fsp3) is 0.316. The molecule has 0 saturated carbocycles. The maximum absolute atomic E-state index is 13.6. The third kappa shape index (κ3) is 9.27.